The molecule has 0 atom stereocenters. The third-order valence-electron chi connectivity index (χ3n) is 7.39. The van der Waals surface area contributed by atoms with E-state index in [1.54, 1.807) is 6.08 Å². The van der Waals surface area contributed by atoms with Crippen LogP contribution >= 0.6 is 0 Å². The van der Waals surface area contributed by atoms with Crippen molar-refractivity contribution in [1.82, 2.24) is 0 Å². The van der Waals surface area contributed by atoms with Crippen LogP contribution in [0.3, 0.4) is 0 Å². The predicted octanol–water partition coefficient (Wildman–Crippen LogP) is 8.67. The van der Waals surface area contributed by atoms with Crippen molar-refractivity contribution in [2.24, 2.45) is 23.7 Å². The van der Waals surface area contributed by atoms with Crippen LogP contribution < -0.4 is 0 Å². The number of unbranched alkanes of at least 4 members (excludes halogenated alkanes) is 4. The molecular weight excluding hydrogens is 345 g/mol. The minimum atomic E-state index is -0.706. The first-order valence-electron chi connectivity index (χ1n) is 12.1. The average molecular weight is 388 g/mol. The van der Waals surface area contributed by atoms with Gasteiger partial charge in [-0.05, 0) is 68.3 Å². The van der Waals surface area contributed by atoms with Gasteiger partial charge in [0.2, 0.25) is 0 Å². The monoisotopic (exact) mass is 387 g/mol. The van der Waals surface area contributed by atoms with Gasteiger partial charge in [-0.1, -0.05) is 83.3 Å². The maximum atomic E-state index is 12.7. The van der Waals surface area contributed by atoms with Gasteiger partial charge in [-0.3, -0.25) is 0 Å². The number of hydrogen-bond acceptors (Lipinski definition) is 1. The van der Waals surface area contributed by atoms with E-state index in [-0.39, 0.29) is 0 Å². The molecule has 2 aliphatic carbocycles. The lowest BCUT2D eigenvalue weighted by molar-refractivity contribution is 0.140. The molecule has 158 valence electrons. The minimum absolute atomic E-state index is 0.706. The summed E-state index contributed by atoms with van der Waals surface area (Å²) >= 11 is 0. The van der Waals surface area contributed by atoms with E-state index in [9.17, 15) is 4.39 Å². The maximum Gasteiger partial charge on any atom is 0.199 e. The average Bonchev–Trinajstić information content (AvgIpc) is 2.74. The molecule has 0 bridgehead atoms. The Balaban J connectivity index is 1.55. The van der Waals surface area contributed by atoms with Crippen LogP contribution in [0.15, 0.2) is 24.1 Å². The molecule has 28 heavy (non-hydrogen) atoms. The molecule has 0 N–H and O–H groups in total. The van der Waals surface area contributed by atoms with E-state index >= 15 is 0 Å². The van der Waals surface area contributed by atoms with E-state index in [0.717, 1.165) is 30.1 Å². The van der Waals surface area contributed by atoms with E-state index in [2.05, 4.69) is 6.92 Å². The van der Waals surface area contributed by atoms with E-state index < -0.39 is 5.83 Å². The number of nitriles is 1. The first-order valence-corrected chi connectivity index (χ1v) is 12.1. The Labute approximate surface area is 173 Å². The quantitative estimate of drug-likeness (QED) is 0.197. The van der Waals surface area contributed by atoms with Gasteiger partial charge in [0.1, 0.15) is 6.07 Å². The second-order valence-electron chi connectivity index (χ2n) is 9.40. The molecule has 0 spiro atoms. The zero-order chi connectivity index (χ0) is 20.0. The van der Waals surface area contributed by atoms with E-state index in [1.807, 2.05) is 6.08 Å². The largest absolute Gasteiger partial charge is 0.199 e. The summed E-state index contributed by atoms with van der Waals surface area (Å²) < 4.78 is 12.7. The van der Waals surface area contributed by atoms with Crippen LogP contribution in [0.25, 0.3) is 0 Å². The highest BCUT2D eigenvalue weighted by molar-refractivity contribution is 5.18. The molecule has 0 aliphatic heterocycles. The SMILES string of the molecule is CCCCCCCC1CCC(C2CCC(CCC=CC=C(F)C#N)CC2)CC1. The van der Waals surface area contributed by atoms with Crippen LogP contribution in [0.5, 0.6) is 0 Å². The van der Waals surface area contributed by atoms with Crippen molar-refractivity contribution < 1.29 is 4.39 Å². The molecule has 0 aromatic rings. The number of halogens is 1. The van der Waals surface area contributed by atoms with Crippen molar-refractivity contribution in [1.29, 1.82) is 5.26 Å². The van der Waals surface area contributed by atoms with Gasteiger partial charge in [0.25, 0.3) is 0 Å². The van der Waals surface area contributed by atoms with Crippen LogP contribution in [-0.4, -0.2) is 0 Å². The number of rotatable bonds is 11. The number of allylic oxidation sites excluding steroid dienone is 4. The second-order valence-corrected chi connectivity index (χ2v) is 9.40. The molecule has 0 aromatic heterocycles. The number of hydrogen-bond donors (Lipinski definition) is 0. The Kier molecular flexibility index (Phi) is 11.6. The Morgan fingerprint density at radius 3 is 2.00 bits per heavy atom. The van der Waals surface area contributed by atoms with Crippen molar-refractivity contribution in [2.75, 3.05) is 0 Å². The summed E-state index contributed by atoms with van der Waals surface area (Å²) in [5, 5.41) is 8.38. The molecule has 2 heteroatoms. The number of nitrogens with zero attached hydrogens (tertiary/aromatic N) is 1. The molecule has 0 saturated heterocycles. The smallest absolute Gasteiger partial charge is 0.195 e. The summed E-state index contributed by atoms with van der Waals surface area (Å²) in [4.78, 5) is 0. The Hall–Kier alpha value is -1.10. The molecule has 2 fully saturated rings. The van der Waals surface area contributed by atoms with E-state index in [4.69, 9.17) is 5.26 Å². The normalized spacial score (nSPS) is 29.1. The molecule has 0 heterocycles. The van der Waals surface area contributed by atoms with Gasteiger partial charge < -0.3 is 0 Å². The summed E-state index contributed by atoms with van der Waals surface area (Å²) in [6.45, 7) is 2.30. The van der Waals surface area contributed by atoms with Crippen molar-refractivity contribution >= 4 is 0 Å². The lowest BCUT2D eigenvalue weighted by Gasteiger charge is -2.38. The van der Waals surface area contributed by atoms with Crippen LogP contribution in [0.1, 0.15) is 110 Å². The Morgan fingerprint density at radius 1 is 0.857 bits per heavy atom. The molecule has 0 radical (unpaired) electrons. The Morgan fingerprint density at radius 2 is 1.43 bits per heavy atom. The van der Waals surface area contributed by atoms with Crippen molar-refractivity contribution in [3.8, 4) is 6.07 Å². The summed E-state index contributed by atoms with van der Waals surface area (Å²) in [6, 6.07) is 1.50. The van der Waals surface area contributed by atoms with Gasteiger partial charge >= 0.3 is 0 Å². The van der Waals surface area contributed by atoms with Gasteiger partial charge in [0.05, 0.1) is 0 Å². The molecule has 1 nitrogen and oxygen atoms in total. The van der Waals surface area contributed by atoms with Crippen LogP contribution in [0.2, 0.25) is 0 Å². The lowest BCUT2D eigenvalue weighted by atomic mass is 9.68. The van der Waals surface area contributed by atoms with Crippen molar-refractivity contribution in [3.63, 3.8) is 0 Å². The maximum absolute atomic E-state index is 12.7. The van der Waals surface area contributed by atoms with E-state index in [1.165, 1.54) is 108 Å². The molecule has 0 amide bonds. The van der Waals surface area contributed by atoms with Crippen molar-refractivity contribution in [2.45, 2.75) is 110 Å². The Bertz CT molecular complexity index is 499. The van der Waals surface area contributed by atoms with Gasteiger partial charge in [-0.25, -0.2) is 0 Å². The third kappa shape index (κ3) is 8.93. The second kappa shape index (κ2) is 14.0. The first kappa shape index (κ1) is 23.2. The van der Waals surface area contributed by atoms with Crippen LogP contribution in [-0.2, 0) is 0 Å². The van der Waals surface area contributed by atoms with Gasteiger partial charge in [0, 0.05) is 0 Å². The minimum Gasteiger partial charge on any atom is -0.195 e. The summed E-state index contributed by atoms with van der Waals surface area (Å²) in [5.74, 6) is 3.18. The molecular formula is C26H42FN. The van der Waals surface area contributed by atoms with Crippen LogP contribution in [0.4, 0.5) is 4.39 Å². The lowest BCUT2D eigenvalue weighted by Crippen LogP contribution is -2.25. The van der Waals surface area contributed by atoms with E-state index in [0.29, 0.717) is 0 Å². The summed E-state index contributed by atoms with van der Waals surface area (Å²) in [5.41, 5.74) is 0. The van der Waals surface area contributed by atoms with Gasteiger partial charge in [0.15, 0.2) is 5.83 Å². The zero-order valence-corrected chi connectivity index (χ0v) is 18.2. The highest BCUT2D eigenvalue weighted by atomic mass is 19.1. The highest BCUT2D eigenvalue weighted by Gasteiger charge is 2.30. The molecule has 0 aromatic carbocycles. The molecule has 2 saturated carbocycles. The fraction of sp³-hybridized carbons (Fsp3) is 0.808. The predicted molar refractivity (Wildman–Crippen MR) is 117 cm³/mol. The zero-order valence-electron chi connectivity index (χ0n) is 18.2. The summed E-state index contributed by atoms with van der Waals surface area (Å²) in [6.07, 6.45) is 27.4. The molecule has 2 rings (SSSR count). The molecule has 0 unspecified atom stereocenters. The first-order chi connectivity index (χ1) is 13.7. The standard InChI is InChI=1S/C26H42FN/c1-2-3-4-5-7-10-22-13-17-24(18-14-22)25-19-15-23(16-20-25)11-8-6-9-12-26(27)21-28/h6,9,12,22-25H,2-5,7-8,10-11,13-20H2,1H3. The fourth-order valence-corrected chi connectivity index (χ4v) is 5.55. The van der Waals surface area contributed by atoms with Gasteiger partial charge in [-0.15, -0.1) is 0 Å². The van der Waals surface area contributed by atoms with Crippen molar-refractivity contribution in [3.05, 3.63) is 24.1 Å². The topological polar surface area (TPSA) is 23.8 Å². The van der Waals surface area contributed by atoms with Crippen LogP contribution in [0, 0.1) is 35.0 Å². The fourth-order valence-electron chi connectivity index (χ4n) is 5.55. The molecule has 2 aliphatic rings. The highest BCUT2D eigenvalue weighted by Crippen LogP contribution is 2.43. The van der Waals surface area contributed by atoms with Gasteiger partial charge in [-0.2, -0.15) is 9.65 Å². The summed E-state index contributed by atoms with van der Waals surface area (Å²) in [7, 11) is 0. The third-order valence-corrected chi connectivity index (χ3v) is 7.39.